The minimum atomic E-state index is -0.482. The summed E-state index contributed by atoms with van der Waals surface area (Å²) in [6.07, 6.45) is 0.826. The first-order valence-corrected chi connectivity index (χ1v) is 13.8. The highest BCUT2D eigenvalue weighted by Gasteiger charge is 2.36. The van der Waals surface area contributed by atoms with Gasteiger partial charge in [0.05, 0.1) is 10.9 Å². The molecule has 0 saturated carbocycles. The van der Waals surface area contributed by atoms with Crippen LogP contribution in [-0.2, 0) is 11.2 Å². The van der Waals surface area contributed by atoms with Gasteiger partial charge >= 0.3 is 0 Å². The number of carbonyl (C=O) groups excluding carboxylic acids is 2. The summed E-state index contributed by atoms with van der Waals surface area (Å²) in [6.45, 7) is 11.3. The average Bonchev–Trinajstić information content (AvgIpc) is 3.52. The molecular formula is C28H34N2O3S2. The van der Waals surface area contributed by atoms with E-state index in [4.69, 9.17) is 4.74 Å². The van der Waals surface area contributed by atoms with Crippen molar-refractivity contribution in [3.8, 4) is 5.75 Å². The first kappa shape index (κ1) is 25.5. The standard InChI is InChI=1S/C28H34N2O3S2/c1-19(2)20-8-10-21(11-9-20)33-18-23-22-13-16-35-24(22)12-14-29(23)26(31)17-30(28(3,4)5)27(32)25-7-6-15-34-25/h6-11,13,15-16,19,23H,12,14,17-18H2,1-5H3. The van der Waals surface area contributed by atoms with E-state index in [1.54, 1.807) is 16.2 Å². The van der Waals surface area contributed by atoms with Crippen LogP contribution in [0.25, 0.3) is 0 Å². The maximum Gasteiger partial charge on any atom is 0.264 e. The van der Waals surface area contributed by atoms with Gasteiger partial charge in [-0.2, -0.15) is 0 Å². The molecule has 0 saturated heterocycles. The second-order valence-corrected chi connectivity index (χ2v) is 12.2. The first-order valence-electron chi connectivity index (χ1n) is 12.1. The van der Waals surface area contributed by atoms with E-state index in [9.17, 15) is 9.59 Å². The van der Waals surface area contributed by atoms with Gasteiger partial charge in [-0.1, -0.05) is 32.0 Å². The molecule has 3 heterocycles. The molecular weight excluding hydrogens is 476 g/mol. The summed E-state index contributed by atoms with van der Waals surface area (Å²) in [4.78, 5) is 32.5. The number of nitrogens with zero attached hydrogens (tertiary/aromatic N) is 2. The topological polar surface area (TPSA) is 49.9 Å². The van der Waals surface area contributed by atoms with Gasteiger partial charge in [0.1, 0.15) is 18.9 Å². The Morgan fingerprint density at radius 3 is 2.46 bits per heavy atom. The Morgan fingerprint density at radius 2 is 1.83 bits per heavy atom. The minimum Gasteiger partial charge on any atom is -0.491 e. The zero-order valence-corrected chi connectivity index (χ0v) is 22.7. The number of amides is 2. The molecule has 2 aromatic heterocycles. The molecule has 0 bridgehead atoms. The fourth-order valence-electron chi connectivity index (χ4n) is 4.37. The van der Waals surface area contributed by atoms with Gasteiger partial charge in [0.25, 0.3) is 5.91 Å². The molecule has 7 heteroatoms. The van der Waals surface area contributed by atoms with E-state index in [2.05, 4.69) is 37.4 Å². The van der Waals surface area contributed by atoms with Crippen molar-refractivity contribution < 1.29 is 14.3 Å². The number of rotatable bonds is 7. The molecule has 186 valence electrons. The molecule has 5 nitrogen and oxygen atoms in total. The Labute approximate surface area is 216 Å². The van der Waals surface area contributed by atoms with Crippen LogP contribution < -0.4 is 4.74 Å². The van der Waals surface area contributed by atoms with Crippen LogP contribution in [0.4, 0.5) is 0 Å². The number of hydrogen-bond donors (Lipinski definition) is 0. The summed E-state index contributed by atoms with van der Waals surface area (Å²) in [6, 6.07) is 13.8. The molecule has 2 amide bonds. The van der Waals surface area contributed by atoms with E-state index < -0.39 is 5.54 Å². The Bertz CT molecular complexity index is 1140. The van der Waals surface area contributed by atoms with Gasteiger partial charge in [-0.25, -0.2) is 0 Å². The van der Waals surface area contributed by atoms with Gasteiger partial charge < -0.3 is 14.5 Å². The molecule has 35 heavy (non-hydrogen) atoms. The van der Waals surface area contributed by atoms with Crippen molar-refractivity contribution in [3.63, 3.8) is 0 Å². The molecule has 1 aliphatic rings. The predicted molar refractivity (Wildman–Crippen MR) is 144 cm³/mol. The molecule has 0 aliphatic carbocycles. The largest absolute Gasteiger partial charge is 0.491 e. The highest BCUT2D eigenvalue weighted by molar-refractivity contribution is 7.12. The van der Waals surface area contributed by atoms with Crippen LogP contribution in [0.3, 0.4) is 0 Å². The lowest BCUT2D eigenvalue weighted by Crippen LogP contribution is -2.53. The van der Waals surface area contributed by atoms with Crippen molar-refractivity contribution in [3.05, 3.63) is 74.1 Å². The van der Waals surface area contributed by atoms with Gasteiger partial charge in [0.2, 0.25) is 5.91 Å². The first-order chi connectivity index (χ1) is 16.6. The molecule has 1 atom stereocenters. The van der Waals surface area contributed by atoms with E-state index in [0.717, 1.165) is 17.7 Å². The lowest BCUT2D eigenvalue weighted by molar-refractivity contribution is -0.136. The van der Waals surface area contributed by atoms with E-state index in [-0.39, 0.29) is 24.4 Å². The molecule has 0 spiro atoms. The Kier molecular flexibility index (Phi) is 7.67. The van der Waals surface area contributed by atoms with Gasteiger partial charge in [-0.15, -0.1) is 22.7 Å². The van der Waals surface area contributed by atoms with Gasteiger partial charge in [-0.05, 0) is 79.3 Å². The second kappa shape index (κ2) is 10.5. The van der Waals surface area contributed by atoms with Crippen molar-refractivity contribution in [2.45, 2.75) is 58.5 Å². The maximum absolute atomic E-state index is 13.7. The molecule has 0 N–H and O–H groups in total. The number of benzene rings is 1. The summed E-state index contributed by atoms with van der Waals surface area (Å²) in [5.41, 5.74) is 1.94. The summed E-state index contributed by atoms with van der Waals surface area (Å²) >= 11 is 3.14. The zero-order chi connectivity index (χ0) is 25.2. The third kappa shape index (κ3) is 5.78. The van der Waals surface area contributed by atoms with Crippen LogP contribution in [0, 0.1) is 0 Å². The molecule has 1 unspecified atom stereocenters. The molecule has 0 fully saturated rings. The summed E-state index contributed by atoms with van der Waals surface area (Å²) in [7, 11) is 0. The molecule has 4 rings (SSSR count). The summed E-state index contributed by atoms with van der Waals surface area (Å²) in [5.74, 6) is 1.11. The normalized spacial score (nSPS) is 15.7. The van der Waals surface area contributed by atoms with Gasteiger partial charge in [0.15, 0.2) is 0 Å². The average molecular weight is 511 g/mol. The van der Waals surface area contributed by atoms with Gasteiger partial charge in [0, 0.05) is 17.0 Å². The molecule has 3 aromatic rings. The van der Waals surface area contributed by atoms with Crippen molar-refractivity contribution in [2.75, 3.05) is 19.7 Å². The highest BCUT2D eigenvalue weighted by Crippen LogP contribution is 2.34. The van der Waals surface area contributed by atoms with Gasteiger partial charge in [-0.3, -0.25) is 9.59 Å². The monoisotopic (exact) mass is 510 g/mol. The minimum absolute atomic E-state index is 0.0410. The van der Waals surface area contributed by atoms with E-state index >= 15 is 0 Å². The van der Waals surface area contributed by atoms with Crippen LogP contribution in [-0.4, -0.2) is 46.8 Å². The maximum atomic E-state index is 13.7. The Balaban J connectivity index is 1.53. The predicted octanol–water partition coefficient (Wildman–Crippen LogP) is 6.38. The van der Waals surface area contributed by atoms with Crippen LogP contribution in [0.1, 0.15) is 72.3 Å². The smallest absolute Gasteiger partial charge is 0.264 e. The van der Waals surface area contributed by atoms with Crippen LogP contribution in [0.5, 0.6) is 5.75 Å². The highest BCUT2D eigenvalue weighted by atomic mass is 32.1. The van der Waals surface area contributed by atoms with Crippen molar-refractivity contribution >= 4 is 34.5 Å². The van der Waals surface area contributed by atoms with Crippen molar-refractivity contribution in [1.29, 1.82) is 0 Å². The third-order valence-electron chi connectivity index (χ3n) is 6.45. The third-order valence-corrected chi connectivity index (χ3v) is 8.30. The van der Waals surface area contributed by atoms with Crippen LogP contribution >= 0.6 is 22.7 Å². The Hall–Kier alpha value is -2.64. The summed E-state index contributed by atoms with van der Waals surface area (Å²) < 4.78 is 6.20. The van der Waals surface area contributed by atoms with Crippen molar-refractivity contribution in [2.24, 2.45) is 0 Å². The lowest BCUT2D eigenvalue weighted by atomic mass is 9.99. The molecule has 1 aromatic carbocycles. The number of thiophene rings is 2. The number of hydrogen-bond acceptors (Lipinski definition) is 5. The molecule has 1 aliphatic heterocycles. The van der Waals surface area contributed by atoms with Crippen molar-refractivity contribution in [1.82, 2.24) is 9.80 Å². The number of fused-ring (bicyclic) bond motifs is 1. The fraction of sp³-hybridized carbons (Fsp3) is 0.429. The summed E-state index contributed by atoms with van der Waals surface area (Å²) in [5, 5.41) is 3.98. The van der Waals surface area contributed by atoms with Crippen LogP contribution in [0.2, 0.25) is 0 Å². The van der Waals surface area contributed by atoms with E-state index in [1.165, 1.54) is 21.8 Å². The SMILES string of the molecule is CC(C)c1ccc(OCC2c3ccsc3CCN2C(=O)CN(C(=O)c2cccs2)C(C)(C)C)cc1. The van der Waals surface area contributed by atoms with E-state index in [0.29, 0.717) is 23.9 Å². The zero-order valence-electron chi connectivity index (χ0n) is 21.1. The van der Waals surface area contributed by atoms with Crippen LogP contribution in [0.15, 0.2) is 53.2 Å². The number of carbonyl (C=O) groups is 2. The second-order valence-electron chi connectivity index (χ2n) is 10.2. The Morgan fingerprint density at radius 1 is 1.09 bits per heavy atom. The fourth-order valence-corrected chi connectivity index (χ4v) is 5.97. The quantitative estimate of drug-likeness (QED) is 0.371. The lowest BCUT2D eigenvalue weighted by Gasteiger charge is -2.40. The number of ether oxygens (including phenoxy) is 1. The molecule has 0 radical (unpaired) electrons. The van der Waals surface area contributed by atoms with E-state index in [1.807, 2.05) is 55.3 Å².